The third kappa shape index (κ3) is 4.80. The maximum Gasteiger partial charge on any atom is 0.251 e. The first kappa shape index (κ1) is 20.1. The summed E-state index contributed by atoms with van der Waals surface area (Å²) < 4.78 is 0. The molecule has 3 rings (SSSR count). The molecular formula is C24H30N2O2. The minimum absolute atomic E-state index is 0.0210. The lowest BCUT2D eigenvalue weighted by Gasteiger charge is -2.34. The molecule has 1 fully saturated rings. The van der Waals surface area contributed by atoms with Gasteiger partial charge in [-0.3, -0.25) is 9.59 Å². The number of hydrogen-bond donors (Lipinski definition) is 1. The Morgan fingerprint density at radius 2 is 1.64 bits per heavy atom. The van der Waals surface area contributed by atoms with E-state index in [-0.39, 0.29) is 23.8 Å². The molecule has 1 aliphatic heterocycles. The van der Waals surface area contributed by atoms with Crippen LogP contribution in [0.3, 0.4) is 0 Å². The highest BCUT2D eigenvalue weighted by Gasteiger charge is 2.28. The summed E-state index contributed by atoms with van der Waals surface area (Å²) in [5.41, 5.74) is 3.99. The van der Waals surface area contributed by atoms with Gasteiger partial charge in [0.15, 0.2) is 0 Å². The van der Waals surface area contributed by atoms with Crippen LogP contribution in [0.25, 0.3) is 0 Å². The standard InChI is InChI=1S/C24H30N2O2/c1-4-22(19-8-6-5-7-9-19)24(28)26-12-10-21(11-13-26)25-23(27)20-15-17(2)14-18(3)16-20/h5-9,14-16,21-22H,4,10-13H2,1-3H3,(H,25,27). The van der Waals surface area contributed by atoms with Crippen LogP contribution < -0.4 is 5.32 Å². The summed E-state index contributed by atoms with van der Waals surface area (Å²) in [5, 5.41) is 3.15. The number of nitrogens with zero attached hydrogens (tertiary/aromatic N) is 1. The van der Waals surface area contributed by atoms with Crippen LogP contribution in [0.1, 0.15) is 59.2 Å². The number of aryl methyl sites for hydroxylation is 2. The Morgan fingerprint density at radius 1 is 1.04 bits per heavy atom. The number of nitrogens with one attached hydrogen (secondary N) is 1. The number of carbonyl (C=O) groups excluding carboxylic acids is 2. The summed E-state index contributed by atoms with van der Waals surface area (Å²) in [6.07, 6.45) is 2.40. The SMILES string of the molecule is CCC(C(=O)N1CCC(NC(=O)c2cc(C)cc(C)c2)CC1)c1ccccc1. The van der Waals surface area contributed by atoms with E-state index < -0.39 is 0 Å². The molecular weight excluding hydrogens is 348 g/mol. The van der Waals surface area contributed by atoms with E-state index in [1.807, 2.05) is 61.2 Å². The highest BCUT2D eigenvalue weighted by Crippen LogP contribution is 2.24. The van der Waals surface area contributed by atoms with Gasteiger partial charge in [-0.25, -0.2) is 0 Å². The monoisotopic (exact) mass is 378 g/mol. The van der Waals surface area contributed by atoms with Crippen LogP contribution in [-0.2, 0) is 4.79 Å². The number of hydrogen-bond acceptors (Lipinski definition) is 2. The number of amides is 2. The molecule has 1 aliphatic rings. The molecule has 1 atom stereocenters. The molecule has 1 N–H and O–H groups in total. The van der Waals surface area contributed by atoms with Crippen molar-refractivity contribution in [3.05, 3.63) is 70.8 Å². The molecule has 0 bridgehead atoms. The van der Waals surface area contributed by atoms with Crippen molar-refractivity contribution >= 4 is 11.8 Å². The summed E-state index contributed by atoms with van der Waals surface area (Å²) in [7, 11) is 0. The minimum Gasteiger partial charge on any atom is -0.349 e. The van der Waals surface area contributed by atoms with E-state index in [4.69, 9.17) is 0 Å². The summed E-state index contributed by atoms with van der Waals surface area (Å²) in [5.74, 6) is 0.0997. The molecule has 2 aromatic carbocycles. The number of benzene rings is 2. The molecule has 1 unspecified atom stereocenters. The highest BCUT2D eigenvalue weighted by atomic mass is 16.2. The summed E-state index contributed by atoms with van der Waals surface area (Å²) in [4.78, 5) is 27.5. The van der Waals surface area contributed by atoms with Gasteiger partial charge in [0.2, 0.25) is 5.91 Å². The van der Waals surface area contributed by atoms with Crippen molar-refractivity contribution in [2.45, 2.75) is 52.0 Å². The van der Waals surface area contributed by atoms with Crippen molar-refractivity contribution in [3.8, 4) is 0 Å². The van der Waals surface area contributed by atoms with Gasteiger partial charge in [-0.2, -0.15) is 0 Å². The number of carbonyl (C=O) groups is 2. The third-order valence-electron chi connectivity index (χ3n) is 5.53. The maximum atomic E-state index is 13.0. The molecule has 0 saturated carbocycles. The molecule has 28 heavy (non-hydrogen) atoms. The Kier molecular flexibility index (Phi) is 6.50. The molecule has 1 heterocycles. The first-order valence-corrected chi connectivity index (χ1v) is 10.2. The van der Waals surface area contributed by atoms with Gasteiger partial charge in [-0.05, 0) is 50.8 Å². The van der Waals surface area contributed by atoms with E-state index in [0.29, 0.717) is 18.7 Å². The minimum atomic E-state index is -0.0809. The molecule has 1 saturated heterocycles. The van der Waals surface area contributed by atoms with Crippen LogP contribution in [0.5, 0.6) is 0 Å². The van der Waals surface area contributed by atoms with Gasteiger partial charge in [-0.1, -0.05) is 54.4 Å². The summed E-state index contributed by atoms with van der Waals surface area (Å²) in [6.45, 7) is 7.46. The van der Waals surface area contributed by atoms with Crippen molar-refractivity contribution < 1.29 is 9.59 Å². The Labute approximate surface area is 167 Å². The Hall–Kier alpha value is -2.62. The van der Waals surface area contributed by atoms with Crippen LogP contribution >= 0.6 is 0 Å². The van der Waals surface area contributed by atoms with E-state index in [9.17, 15) is 9.59 Å². The van der Waals surface area contributed by atoms with Crippen LogP contribution in [0.15, 0.2) is 48.5 Å². The van der Waals surface area contributed by atoms with Gasteiger partial charge < -0.3 is 10.2 Å². The molecule has 4 heteroatoms. The molecule has 0 radical (unpaired) electrons. The van der Waals surface area contributed by atoms with Crippen LogP contribution in [0.2, 0.25) is 0 Å². The second-order valence-electron chi connectivity index (χ2n) is 7.82. The quantitative estimate of drug-likeness (QED) is 0.847. The maximum absolute atomic E-state index is 13.0. The van der Waals surface area contributed by atoms with E-state index in [0.717, 1.165) is 36.0 Å². The van der Waals surface area contributed by atoms with Crippen molar-refractivity contribution in [3.63, 3.8) is 0 Å². The van der Waals surface area contributed by atoms with Gasteiger partial charge in [0, 0.05) is 24.7 Å². The van der Waals surface area contributed by atoms with Gasteiger partial charge in [0.1, 0.15) is 0 Å². The molecule has 148 valence electrons. The molecule has 2 aromatic rings. The van der Waals surface area contributed by atoms with Crippen LogP contribution in [-0.4, -0.2) is 35.8 Å². The lowest BCUT2D eigenvalue weighted by molar-refractivity contribution is -0.134. The lowest BCUT2D eigenvalue weighted by atomic mass is 9.93. The van der Waals surface area contributed by atoms with E-state index >= 15 is 0 Å². The largest absolute Gasteiger partial charge is 0.349 e. The highest BCUT2D eigenvalue weighted by molar-refractivity contribution is 5.94. The molecule has 2 amide bonds. The fourth-order valence-electron chi connectivity index (χ4n) is 4.08. The Balaban J connectivity index is 1.56. The second-order valence-corrected chi connectivity index (χ2v) is 7.82. The van der Waals surface area contributed by atoms with Crippen molar-refractivity contribution in [1.29, 1.82) is 0 Å². The first-order valence-electron chi connectivity index (χ1n) is 10.2. The lowest BCUT2D eigenvalue weighted by Crippen LogP contribution is -2.47. The summed E-state index contributed by atoms with van der Waals surface area (Å²) in [6, 6.07) is 16.0. The van der Waals surface area contributed by atoms with E-state index in [1.165, 1.54) is 0 Å². The fraction of sp³-hybridized carbons (Fsp3) is 0.417. The predicted octanol–water partition coefficient (Wildman–Crippen LogP) is 4.22. The normalized spacial score (nSPS) is 15.9. The number of rotatable bonds is 5. The van der Waals surface area contributed by atoms with Gasteiger partial charge in [-0.15, -0.1) is 0 Å². The molecule has 0 aromatic heterocycles. The summed E-state index contributed by atoms with van der Waals surface area (Å²) >= 11 is 0. The Morgan fingerprint density at radius 3 is 2.21 bits per heavy atom. The first-order chi connectivity index (χ1) is 13.5. The second kappa shape index (κ2) is 9.05. The number of piperidine rings is 1. The third-order valence-corrected chi connectivity index (χ3v) is 5.53. The zero-order chi connectivity index (χ0) is 20.1. The molecule has 0 spiro atoms. The number of likely N-dealkylation sites (tertiary alicyclic amines) is 1. The van der Waals surface area contributed by atoms with Crippen molar-refractivity contribution in [2.75, 3.05) is 13.1 Å². The fourth-order valence-corrected chi connectivity index (χ4v) is 4.08. The predicted molar refractivity (Wildman–Crippen MR) is 112 cm³/mol. The molecule has 0 aliphatic carbocycles. The van der Waals surface area contributed by atoms with Crippen molar-refractivity contribution in [1.82, 2.24) is 10.2 Å². The average molecular weight is 379 g/mol. The zero-order valence-electron chi connectivity index (χ0n) is 17.1. The smallest absolute Gasteiger partial charge is 0.251 e. The van der Waals surface area contributed by atoms with Gasteiger partial charge in [0.05, 0.1) is 5.92 Å². The van der Waals surface area contributed by atoms with Gasteiger partial charge >= 0.3 is 0 Å². The van der Waals surface area contributed by atoms with E-state index in [1.54, 1.807) is 0 Å². The topological polar surface area (TPSA) is 49.4 Å². The zero-order valence-corrected chi connectivity index (χ0v) is 17.1. The van der Waals surface area contributed by atoms with E-state index in [2.05, 4.69) is 18.3 Å². The molecule has 4 nitrogen and oxygen atoms in total. The van der Waals surface area contributed by atoms with Crippen LogP contribution in [0, 0.1) is 13.8 Å². The average Bonchev–Trinajstić information content (AvgIpc) is 2.69. The van der Waals surface area contributed by atoms with Crippen LogP contribution in [0.4, 0.5) is 0 Å². The Bertz CT molecular complexity index is 804. The van der Waals surface area contributed by atoms with Gasteiger partial charge in [0.25, 0.3) is 5.91 Å². The van der Waals surface area contributed by atoms with Crippen molar-refractivity contribution in [2.24, 2.45) is 0 Å².